The molecule has 0 aliphatic rings. The monoisotopic (exact) mass is 564 g/mol. The first-order valence-electron chi connectivity index (χ1n) is 11.9. The van der Waals surface area contributed by atoms with E-state index in [1.165, 1.54) is 0 Å². The lowest BCUT2D eigenvalue weighted by Gasteiger charge is -2.28. The Morgan fingerprint density at radius 3 is 1.65 bits per heavy atom. The van der Waals surface area contributed by atoms with Crippen LogP contribution in [-0.4, -0.2) is 82.3 Å². The minimum absolute atomic E-state index is 0.0548. The Bertz CT molecular complexity index is 829. The minimum Gasteiger partial charge on any atom is -0.480 e. The number of rotatable bonds is 17. The SMILES string of the molecule is CCC(C)C(NC(=O)C(CS)NC(=O)C(N)C(C)C)C(=O)NC(CS)C(=O)NC(CCC(N)=O)C(=O)O. The van der Waals surface area contributed by atoms with Gasteiger partial charge in [0.25, 0.3) is 0 Å². The predicted octanol–water partition coefficient (Wildman–Crippen LogP) is -1.84. The average molecular weight is 565 g/mol. The molecule has 0 aromatic rings. The number of hydrogen-bond acceptors (Lipinski definition) is 9. The third-order valence-electron chi connectivity index (χ3n) is 5.74. The average Bonchev–Trinajstić information content (AvgIpc) is 2.84. The lowest BCUT2D eigenvalue weighted by Crippen LogP contribution is -2.60. The molecule has 6 unspecified atom stereocenters. The van der Waals surface area contributed by atoms with Crippen molar-refractivity contribution in [1.29, 1.82) is 0 Å². The lowest BCUT2D eigenvalue weighted by atomic mass is 9.97. The van der Waals surface area contributed by atoms with Gasteiger partial charge in [-0.1, -0.05) is 34.1 Å². The van der Waals surface area contributed by atoms with Crippen LogP contribution in [-0.2, 0) is 28.8 Å². The summed E-state index contributed by atoms with van der Waals surface area (Å²) in [6.45, 7) is 7.03. The Balaban J connectivity index is 5.49. The van der Waals surface area contributed by atoms with Gasteiger partial charge < -0.3 is 37.8 Å². The summed E-state index contributed by atoms with van der Waals surface area (Å²) in [6.07, 6.45) is -0.00484. The van der Waals surface area contributed by atoms with Gasteiger partial charge in [0.2, 0.25) is 29.5 Å². The third kappa shape index (κ3) is 12.0. The topological polar surface area (TPSA) is 223 Å². The molecular weight excluding hydrogens is 524 g/mol. The Hall–Kier alpha value is -2.52. The highest BCUT2D eigenvalue weighted by atomic mass is 32.1. The van der Waals surface area contributed by atoms with Gasteiger partial charge in [-0.05, 0) is 18.3 Å². The van der Waals surface area contributed by atoms with Crippen molar-refractivity contribution < 1.29 is 33.9 Å². The van der Waals surface area contributed by atoms with Crippen LogP contribution in [0.3, 0.4) is 0 Å². The normalized spacial score (nSPS) is 15.9. The van der Waals surface area contributed by atoms with Gasteiger partial charge in [0, 0.05) is 17.9 Å². The Morgan fingerprint density at radius 1 is 0.784 bits per heavy atom. The lowest BCUT2D eigenvalue weighted by molar-refractivity contribution is -0.142. The second kappa shape index (κ2) is 17.1. The maximum Gasteiger partial charge on any atom is 0.326 e. The van der Waals surface area contributed by atoms with E-state index in [2.05, 4.69) is 46.5 Å². The van der Waals surface area contributed by atoms with Crippen molar-refractivity contribution in [3.63, 3.8) is 0 Å². The second-order valence-corrected chi connectivity index (χ2v) is 9.76. The summed E-state index contributed by atoms with van der Waals surface area (Å²) in [5, 5.41) is 19.1. The third-order valence-corrected chi connectivity index (χ3v) is 6.47. The Labute approximate surface area is 227 Å². The number of carbonyl (C=O) groups is 6. The van der Waals surface area contributed by atoms with E-state index in [0.717, 1.165) is 0 Å². The number of carbonyl (C=O) groups excluding carboxylic acids is 5. The maximum absolute atomic E-state index is 13.1. The molecule has 0 aromatic carbocycles. The zero-order valence-corrected chi connectivity index (χ0v) is 23.3. The van der Waals surface area contributed by atoms with Gasteiger partial charge in [0.1, 0.15) is 24.2 Å². The Kier molecular flexibility index (Phi) is 15.9. The number of thiol groups is 2. The molecule has 0 saturated carbocycles. The molecule has 6 atom stereocenters. The van der Waals surface area contributed by atoms with E-state index in [1.807, 2.05) is 0 Å². The van der Waals surface area contributed by atoms with Crippen molar-refractivity contribution in [3.8, 4) is 0 Å². The fourth-order valence-electron chi connectivity index (χ4n) is 2.99. The van der Waals surface area contributed by atoms with Gasteiger partial charge >= 0.3 is 5.97 Å². The van der Waals surface area contributed by atoms with Crippen molar-refractivity contribution in [1.82, 2.24) is 21.3 Å². The summed E-state index contributed by atoms with van der Waals surface area (Å²) in [7, 11) is 0. The summed E-state index contributed by atoms with van der Waals surface area (Å²) < 4.78 is 0. The molecule has 13 nitrogen and oxygen atoms in total. The molecule has 37 heavy (non-hydrogen) atoms. The van der Waals surface area contributed by atoms with E-state index in [0.29, 0.717) is 6.42 Å². The molecule has 0 spiro atoms. The molecule has 0 radical (unpaired) electrons. The largest absolute Gasteiger partial charge is 0.480 e. The molecule has 0 fully saturated rings. The summed E-state index contributed by atoms with van der Waals surface area (Å²) in [4.78, 5) is 73.3. The number of nitrogens with two attached hydrogens (primary N) is 2. The van der Waals surface area contributed by atoms with Gasteiger partial charge in [-0.15, -0.1) is 0 Å². The van der Waals surface area contributed by atoms with Crippen molar-refractivity contribution in [3.05, 3.63) is 0 Å². The molecule has 0 aliphatic carbocycles. The van der Waals surface area contributed by atoms with Gasteiger partial charge in [0.05, 0.1) is 6.04 Å². The van der Waals surface area contributed by atoms with Crippen LogP contribution in [0.1, 0.15) is 47.0 Å². The summed E-state index contributed by atoms with van der Waals surface area (Å²) >= 11 is 8.19. The molecule has 0 aromatic heterocycles. The predicted molar refractivity (Wildman–Crippen MR) is 144 cm³/mol. The molecule has 0 rings (SSSR count). The van der Waals surface area contributed by atoms with E-state index in [4.69, 9.17) is 11.5 Å². The second-order valence-electron chi connectivity index (χ2n) is 9.03. The molecule has 0 saturated heterocycles. The van der Waals surface area contributed by atoms with E-state index in [9.17, 15) is 33.9 Å². The van der Waals surface area contributed by atoms with Crippen LogP contribution >= 0.6 is 25.3 Å². The number of primary amides is 1. The van der Waals surface area contributed by atoms with Crippen molar-refractivity contribution >= 4 is 60.8 Å². The molecule has 212 valence electrons. The van der Waals surface area contributed by atoms with Crippen LogP contribution in [0.15, 0.2) is 0 Å². The van der Waals surface area contributed by atoms with E-state index in [-0.39, 0.29) is 36.2 Å². The fraction of sp³-hybridized carbons (Fsp3) is 0.727. The zero-order valence-electron chi connectivity index (χ0n) is 21.5. The molecule has 5 amide bonds. The van der Waals surface area contributed by atoms with Crippen molar-refractivity contribution in [2.45, 2.75) is 77.2 Å². The first kappa shape index (κ1) is 34.5. The number of amides is 5. The van der Waals surface area contributed by atoms with E-state index >= 15 is 0 Å². The summed E-state index contributed by atoms with van der Waals surface area (Å²) in [6, 6.07) is -5.63. The van der Waals surface area contributed by atoms with E-state index in [1.54, 1.807) is 27.7 Å². The number of carboxylic acid groups (broad SMARTS) is 1. The van der Waals surface area contributed by atoms with Crippen LogP contribution in [0.25, 0.3) is 0 Å². The molecule has 15 heteroatoms. The number of carboxylic acids is 1. The molecule has 0 bridgehead atoms. The summed E-state index contributed by atoms with van der Waals surface area (Å²) in [5.74, 6) is -5.61. The van der Waals surface area contributed by atoms with Crippen LogP contribution in [0, 0.1) is 11.8 Å². The smallest absolute Gasteiger partial charge is 0.326 e. The number of aliphatic carboxylic acids is 1. The number of hydrogen-bond donors (Lipinski definition) is 9. The minimum atomic E-state index is -1.40. The molecule has 9 N–H and O–H groups in total. The highest BCUT2D eigenvalue weighted by Gasteiger charge is 2.33. The number of nitrogens with one attached hydrogen (secondary N) is 4. The molecule has 0 heterocycles. The maximum atomic E-state index is 13.1. The zero-order chi connectivity index (χ0) is 28.9. The molecule has 0 aliphatic heterocycles. The van der Waals surface area contributed by atoms with Gasteiger partial charge in [-0.2, -0.15) is 25.3 Å². The quantitative estimate of drug-likeness (QED) is 0.0911. The van der Waals surface area contributed by atoms with Crippen LogP contribution in [0.4, 0.5) is 0 Å². The summed E-state index contributed by atoms with van der Waals surface area (Å²) in [5.41, 5.74) is 10.9. The highest BCUT2D eigenvalue weighted by molar-refractivity contribution is 7.80. The standard InChI is InChI=1S/C22H40N6O7S2/c1-5-11(4)17(28-19(31)14(9-37)26-20(32)16(24)10(2)3)21(33)27-13(8-36)18(30)25-12(22(34)35)6-7-15(23)29/h10-14,16-17,36-37H,5-9,24H2,1-4H3,(H2,23,29)(H,25,30)(H,26,32)(H,27,33)(H,28,31)(H,34,35). The first-order chi connectivity index (χ1) is 17.2. The Morgan fingerprint density at radius 2 is 1.24 bits per heavy atom. The van der Waals surface area contributed by atoms with Gasteiger partial charge in [0.15, 0.2) is 0 Å². The van der Waals surface area contributed by atoms with Crippen LogP contribution < -0.4 is 32.7 Å². The van der Waals surface area contributed by atoms with Crippen molar-refractivity contribution in [2.75, 3.05) is 11.5 Å². The highest BCUT2D eigenvalue weighted by Crippen LogP contribution is 2.10. The van der Waals surface area contributed by atoms with Gasteiger partial charge in [-0.25, -0.2) is 4.79 Å². The fourth-order valence-corrected chi connectivity index (χ4v) is 3.51. The van der Waals surface area contributed by atoms with Crippen LogP contribution in [0.5, 0.6) is 0 Å². The van der Waals surface area contributed by atoms with Crippen LogP contribution in [0.2, 0.25) is 0 Å². The first-order valence-corrected chi connectivity index (χ1v) is 13.2. The van der Waals surface area contributed by atoms with E-state index < -0.39 is 65.7 Å². The molecular formula is C22H40N6O7S2. The van der Waals surface area contributed by atoms with Crippen molar-refractivity contribution in [2.24, 2.45) is 23.3 Å². The van der Waals surface area contributed by atoms with Gasteiger partial charge in [-0.3, -0.25) is 24.0 Å².